The van der Waals surface area contributed by atoms with Crippen LogP contribution in [-0.2, 0) is 4.74 Å². The summed E-state index contributed by atoms with van der Waals surface area (Å²) in [6.07, 6.45) is 1.93. The normalized spacial score (nSPS) is 26.3. The summed E-state index contributed by atoms with van der Waals surface area (Å²) in [5.74, 6) is 2.32. The Morgan fingerprint density at radius 3 is 2.94 bits per heavy atom. The van der Waals surface area contributed by atoms with Crippen molar-refractivity contribution in [3.63, 3.8) is 0 Å². The van der Waals surface area contributed by atoms with Crippen molar-refractivity contribution >= 4 is 0 Å². The first-order valence-corrected chi connectivity index (χ1v) is 6.33. The van der Waals surface area contributed by atoms with Gasteiger partial charge in [0.05, 0.1) is 5.92 Å². The molecular weight excluding hydrogens is 218 g/mol. The predicted molar refractivity (Wildman–Crippen MR) is 63.7 cm³/mol. The molecule has 1 aliphatic rings. The molecule has 17 heavy (non-hydrogen) atoms. The first-order chi connectivity index (χ1) is 8.26. The summed E-state index contributed by atoms with van der Waals surface area (Å²) < 4.78 is 10.7. The summed E-state index contributed by atoms with van der Waals surface area (Å²) in [6.45, 7) is 6.27. The molecule has 0 bridgehead atoms. The maximum atomic E-state index is 5.38. The summed E-state index contributed by atoms with van der Waals surface area (Å²) in [4.78, 5) is 4.49. The first kappa shape index (κ1) is 12.5. The number of ether oxygens (including phenoxy) is 1. The number of hydrogen-bond donors (Lipinski definition) is 1. The Bertz CT molecular complexity index is 353. The minimum atomic E-state index is -0.0397. The lowest BCUT2D eigenvalue weighted by molar-refractivity contribution is 0.0854. The molecule has 1 aromatic heterocycles. The van der Waals surface area contributed by atoms with Gasteiger partial charge in [0.1, 0.15) is 6.10 Å². The van der Waals surface area contributed by atoms with Crippen molar-refractivity contribution in [2.75, 3.05) is 20.2 Å². The standard InChI is InChI=1S/C12H21N3O2/c1-4-5-10(16-3)11-14-12(17-15-11)9-7-13-6-8(9)2/h8-10,13H,4-7H2,1-3H3. The second kappa shape index (κ2) is 5.60. The molecule has 2 rings (SSSR count). The van der Waals surface area contributed by atoms with Gasteiger partial charge in [-0.05, 0) is 18.9 Å². The molecule has 0 aromatic carbocycles. The van der Waals surface area contributed by atoms with Crippen LogP contribution in [0.1, 0.15) is 50.4 Å². The molecule has 0 saturated carbocycles. The molecule has 1 aliphatic heterocycles. The molecule has 96 valence electrons. The molecule has 0 aliphatic carbocycles. The van der Waals surface area contributed by atoms with Gasteiger partial charge in [0.25, 0.3) is 0 Å². The van der Waals surface area contributed by atoms with Crippen LogP contribution in [0.25, 0.3) is 0 Å². The fraction of sp³-hybridized carbons (Fsp3) is 0.833. The summed E-state index contributed by atoms with van der Waals surface area (Å²) >= 11 is 0. The molecule has 5 nitrogen and oxygen atoms in total. The van der Waals surface area contributed by atoms with Gasteiger partial charge in [-0.3, -0.25) is 0 Å². The Hall–Kier alpha value is -0.940. The lowest BCUT2D eigenvalue weighted by Gasteiger charge is -2.09. The minimum absolute atomic E-state index is 0.0397. The van der Waals surface area contributed by atoms with Crippen molar-refractivity contribution in [2.24, 2.45) is 5.92 Å². The molecule has 3 unspecified atom stereocenters. The van der Waals surface area contributed by atoms with E-state index in [1.165, 1.54) is 0 Å². The van der Waals surface area contributed by atoms with Gasteiger partial charge in [0, 0.05) is 13.7 Å². The molecular formula is C12H21N3O2. The number of nitrogens with zero attached hydrogens (tertiary/aromatic N) is 2. The predicted octanol–water partition coefficient (Wildman–Crippen LogP) is 1.88. The number of nitrogens with one attached hydrogen (secondary N) is 1. The summed E-state index contributed by atoms with van der Waals surface area (Å²) in [5.41, 5.74) is 0. The highest BCUT2D eigenvalue weighted by molar-refractivity contribution is 5.02. The number of rotatable bonds is 5. The number of methoxy groups -OCH3 is 1. The third-order valence-corrected chi connectivity index (χ3v) is 3.42. The molecule has 1 aromatic rings. The van der Waals surface area contributed by atoms with E-state index in [0.29, 0.717) is 17.7 Å². The van der Waals surface area contributed by atoms with Crippen LogP contribution in [0.15, 0.2) is 4.52 Å². The number of hydrogen-bond acceptors (Lipinski definition) is 5. The topological polar surface area (TPSA) is 60.2 Å². The Morgan fingerprint density at radius 2 is 2.35 bits per heavy atom. The van der Waals surface area contributed by atoms with Gasteiger partial charge >= 0.3 is 0 Å². The van der Waals surface area contributed by atoms with Crippen LogP contribution < -0.4 is 5.32 Å². The largest absolute Gasteiger partial charge is 0.373 e. The van der Waals surface area contributed by atoms with Gasteiger partial charge in [0.15, 0.2) is 0 Å². The van der Waals surface area contributed by atoms with E-state index in [-0.39, 0.29) is 6.10 Å². The zero-order valence-electron chi connectivity index (χ0n) is 10.8. The van der Waals surface area contributed by atoms with Crippen LogP contribution >= 0.6 is 0 Å². The van der Waals surface area contributed by atoms with Gasteiger partial charge in [-0.2, -0.15) is 4.98 Å². The second-order valence-electron chi connectivity index (χ2n) is 4.75. The van der Waals surface area contributed by atoms with Crippen molar-refractivity contribution in [3.05, 3.63) is 11.7 Å². The number of aromatic nitrogens is 2. The monoisotopic (exact) mass is 239 g/mol. The lowest BCUT2D eigenvalue weighted by atomic mass is 9.98. The first-order valence-electron chi connectivity index (χ1n) is 6.33. The quantitative estimate of drug-likeness (QED) is 0.850. The minimum Gasteiger partial charge on any atom is -0.373 e. The average molecular weight is 239 g/mol. The van der Waals surface area contributed by atoms with Gasteiger partial charge in [-0.15, -0.1) is 0 Å². The van der Waals surface area contributed by atoms with Crippen LogP contribution in [0, 0.1) is 5.92 Å². The fourth-order valence-electron chi connectivity index (χ4n) is 2.28. The molecule has 3 atom stereocenters. The van der Waals surface area contributed by atoms with Crippen molar-refractivity contribution < 1.29 is 9.26 Å². The molecule has 1 N–H and O–H groups in total. The molecule has 0 amide bonds. The third kappa shape index (κ3) is 2.66. The smallest absolute Gasteiger partial charge is 0.231 e. The Morgan fingerprint density at radius 1 is 1.53 bits per heavy atom. The average Bonchev–Trinajstić information content (AvgIpc) is 2.94. The highest BCUT2D eigenvalue weighted by Crippen LogP contribution is 2.28. The van der Waals surface area contributed by atoms with Crippen LogP contribution in [0.2, 0.25) is 0 Å². The van der Waals surface area contributed by atoms with Gasteiger partial charge in [-0.25, -0.2) is 0 Å². The summed E-state index contributed by atoms with van der Waals surface area (Å²) in [6, 6.07) is 0. The molecule has 5 heteroatoms. The van der Waals surface area contributed by atoms with Gasteiger partial charge in [-0.1, -0.05) is 25.4 Å². The van der Waals surface area contributed by atoms with E-state index in [0.717, 1.165) is 31.8 Å². The van der Waals surface area contributed by atoms with Crippen LogP contribution in [-0.4, -0.2) is 30.3 Å². The van der Waals surface area contributed by atoms with Crippen molar-refractivity contribution in [2.45, 2.75) is 38.7 Å². The Kier molecular flexibility index (Phi) is 4.12. The van der Waals surface area contributed by atoms with E-state index in [1.54, 1.807) is 7.11 Å². The Balaban J connectivity index is 2.09. The molecule has 1 fully saturated rings. The molecule has 0 spiro atoms. The SMILES string of the molecule is CCCC(OC)c1noc(C2CNCC2C)n1. The van der Waals surface area contributed by atoms with Crippen molar-refractivity contribution in [1.82, 2.24) is 15.5 Å². The lowest BCUT2D eigenvalue weighted by Crippen LogP contribution is -2.09. The molecule has 2 heterocycles. The van der Waals surface area contributed by atoms with Crippen LogP contribution in [0.4, 0.5) is 0 Å². The van der Waals surface area contributed by atoms with Crippen LogP contribution in [0.3, 0.4) is 0 Å². The third-order valence-electron chi connectivity index (χ3n) is 3.42. The van der Waals surface area contributed by atoms with Gasteiger partial charge < -0.3 is 14.6 Å². The Labute approximate surface area is 102 Å². The zero-order chi connectivity index (χ0) is 12.3. The molecule has 0 radical (unpaired) electrons. The maximum absolute atomic E-state index is 5.38. The molecule has 1 saturated heterocycles. The zero-order valence-corrected chi connectivity index (χ0v) is 10.8. The van der Waals surface area contributed by atoms with Gasteiger partial charge in [0.2, 0.25) is 11.7 Å². The van der Waals surface area contributed by atoms with E-state index in [2.05, 4.69) is 29.3 Å². The van der Waals surface area contributed by atoms with E-state index < -0.39 is 0 Å². The van der Waals surface area contributed by atoms with Crippen molar-refractivity contribution in [3.8, 4) is 0 Å². The fourth-order valence-corrected chi connectivity index (χ4v) is 2.28. The van der Waals surface area contributed by atoms with E-state index in [4.69, 9.17) is 9.26 Å². The maximum Gasteiger partial charge on any atom is 0.231 e. The van der Waals surface area contributed by atoms with E-state index in [1.807, 2.05) is 0 Å². The summed E-state index contributed by atoms with van der Waals surface area (Å²) in [7, 11) is 1.69. The summed E-state index contributed by atoms with van der Waals surface area (Å²) in [5, 5.41) is 7.39. The van der Waals surface area contributed by atoms with E-state index >= 15 is 0 Å². The highest BCUT2D eigenvalue weighted by atomic mass is 16.5. The highest BCUT2D eigenvalue weighted by Gasteiger charge is 2.30. The van der Waals surface area contributed by atoms with Crippen molar-refractivity contribution in [1.29, 1.82) is 0 Å². The second-order valence-corrected chi connectivity index (χ2v) is 4.75. The van der Waals surface area contributed by atoms with E-state index in [9.17, 15) is 0 Å². The van der Waals surface area contributed by atoms with Crippen LogP contribution in [0.5, 0.6) is 0 Å².